The molecule has 70 valence electrons. The van der Waals surface area contributed by atoms with E-state index in [0.717, 1.165) is 10.7 Å². The van der Waals surface area contributed by atoms with Crippen LogP contribution in [0.3, 0.4) is 0 Å². The maximum atomic E-state index is 8.00. The van der Waals surface area contributed by atoms with Gasteiger partial charge in [-0.05, 0) is 0 Å². The third kappa shape index (κ3) is 19500. The van der Waals surface area contributed by atoms with Crippen LogP contribution >= 0.6 is 17.0 Å². The zero-order valence-corrected chi connectivity index (χ0v) is 7.93. The third-order valence-electron chi connectivity index (χ3n) is 0. The van der Waals surface area contributed by atoms with Gasteiger partial charge < -0.3 is 32.5 Å². The van der Waals surface area contributed by atoms with Crippen LogP contribution in [-0.2, 0) is 20.4 Å². The molecule has 0 unspecified atom stereocenters. The fraction of sp³-hybridized carbons (Fsp3) is 0. The Morgan fingerprint density at radius 1 is 0.900 bits per heavy atom. The van der Waals surface area contributed by atoms with Crippen LogP contribution in [-0.4, -0.2) is 0 Å². The maximum Gasteiger partial charge on any atom is 0 e. The molecule has 6 N–H and O–H groups in total. The minimum atomic E-state index is 0. The maximum absolute atomic E-state index is 8.00. The molecule has 0 aromatic carbocycles. The number of rotatable bonds is 0. The largest absolute Gasteiger partial charge is 0.444 e. The fourth-order valence-electron chi connectivity index (χ4n) is 0. The van der Waals surface area contributed by atoms with Gasteiger partial charge in [-0.1, -0.05) is 0 Å². The van der Waals surface area contributed by atoms with Gasteiger partial charge in [0.15, 0.2) is 0 Å². The van der Waals surface area contributed by atoms with Gasteiger partial charge in [0.1, 0.15) is 0 Å². The summed E-state index contributed by atoms with van der Waals surface area (Å²) in [5.74, 6) is 0. The number of nitrogens with zero attached hydrogens (tertiary/aromatic N) is 2. The Labute approximate surface area is 80.8 Å². The second-order valence-corrected chi connectivity index (χ2v) is 0.149. The second kappa shape index (κ2) is 158. The van der Waals surface area contributed by atoms with Gasteiger partial charge >= 0.3 is 0 Å². The molecule has 0 amide bonds. The van der Waals surface area contributed by atoms with Crippen molar-refractivity contribution in [3.8, 4) is 0 Å². The molecule has 0 rings (SSSR count). The predicted octanol–water partition coefficient (Wildman–Crippen LogP) is 1.40. The first-order valence-corrected chi connectivity index (χ1v) is 0.730. The van der Waals surface area contributed by atoms with Gasteiger partial charge in [-0.3, -0.25) is 0 Å². The average molecular weight is 313 g/mol. The number of halogens is 1. The summed E-state index contributed by atoms with van der Waals surface area (Å²) >= 11 is 0. The Balaban J connectivity index is -0.00000000571. The molecule has 0 saturated carbocycles. The van der Waals surface area contributed by atoms with E-state index in [0.29, 0.717) is 0 Å². The van der Waals surface area contributed by atoms with Crippen molar-refractivity contribution in [1.82, 2.24) is 12.3 Å². The summed E-state index contributed by atoms with van der Waals surface area (Å²) in [6.07, 6.45) is 0. The minimum Gasteiger partial charge on any atom is -0.444 e. The van der Waals surface area contributed by atoms with Crippen LogP contribution in [0.4, 0.5) is 0 Å². The number of hydrogen-bond acceptors (Lipinski definition) is 8. The van der Waals surface area contributed by atoms with E-state index in [9.17, 15) is 0 Å². The first kappa shape index (κ1) is 51.9. The van der Waals surface area contributed by atoms with Gasteiger partial charge in [0.25, 0.3) is 0 Å². The van der Waals surface area contributed by atoms with Crippen LogP contribution in [0.25, 0.3) is 0 Å². The molecule has 0 radical (unpaired) electrons. The first-order valence-electron chi connectivity index (χ1n) is 0.730. The normalized spacial score (nSPS) is 2.40. The molecule has 0 aromatic rings. The molecule has 0 heterocycles. The monoisotopic (exact) mass is 312 g/mol. The van der Waals surface area contributed by atoms with Crippen molar-refractivity contribution in [3.05, 3.63) is 20.2 Å². The third-order valence-corrected chi connectivity index (χ3v) is 0. The van der Waals surface area contributed by atoms with E-state index in [1.807, 2.05) is 0 Å². The van der Waals surface area contributed by atoms with Crippen LogP contribution in [0, 0.1) is 20.2 Å². The average Bonchev–Trinajstić information content (AvgIpc) is 1.39. The van der Waals surface area contributed by atoms with Crippen molar-refractivity contribution < 1.29 is 20.4 Å². The molecule has 8 nitrogen and oxygen atoms in total. The van der Waals surface area contributed by atoms with Gasteiger partial charge in [0, 0.05) is 20.4 Å². The van der Waals surface area contributed by atoms with Crippen molar-refractivity contribution >= 4 is 17.0 Å². The van der Waals surface area contributed by atoms with Gasteiger partial charge in [-0.25, -0.2) is 0 Å². The molecule has 0 aliphatic carbocycles. The van der Waals surface area contributed by atoms with Crippen molar-refractivity contribution in [1.29, 1.82) is 0 Å². The summed E-state index contributed by atoms with van der Waals surface area (Å²) in [5.41, 5.74) is 0. The zero-order valence-electron chi connectivity index (χ0n) is 4.67. The van der Waals surface area contributed by atoms with Gasteiger partial charge in [0.2, 0.25) is 0 Å². The van der Waals surface area contributed by atoms with Crippen LogP contribution in [0.2, 0.25) is 0 Å². The van der Waals surface area contributed by atoms with Crippen LogP contribution in [0.1, 0.15) is 0 Å². The Morgan fingerprint density at radius 3 is 0.900 bits per heavy atom. The quantitative estimate of drug-likeness (QED) is 0.388. The molecule has 0 fully saturated rings. The van der Waals surface area contributed by atoms with E-state index in [-0.39, 0.29) is 49.7 Å². The van der Waals surface area contributed by atoms with E-state index in [1.54, 1.807) is 0 Å². The topological polar surface area (TPSA) is 175 Å². The number of hydrogen-bond donors (Lipinski definition) is 2. The van der Waals surface area contributed by atoms with E-state index in [4.69, 9.17) is 20.2 Å². The Kier molecular flexibility index (Phi) is 820. The van der Waals surface area contributed by atoms with Crippen molar-refractivity contribution in [3.63, 3.8) is 0 Å². The van der Waals surface area contributed by atoms with E-state index >= 15 is 0 Å². The summed E-state index contributed by atoms with van der Waals surface area (Å²) in [4.78, 5) is 16.0. The molecule has 0 aliphatic heterocycles. The van der Waals surface area contributed by atoms with Crippen molar-refractivity contribution in [2.24, 2.45) is 10.7 Å². The molecule has 0 saturated heterocycles. The first-order chi connectivity index (χ1) is 2.83. The smallest absolute Gasteiger partial charge is 0 e. The van der Waals surface area contributed by atoms with Crippen LogP contribution < -0.4 is 12.3 Å². The molecule has 0 aliphatic rings. The molecule has 0 atom stereocenters. The molecule has 0 bridgehead atoms. The molecular weight excluding hydrogens is 306 g/mol. The SMILES string of the molecule is Br.N.N.O=N[O-].O=N[O-].[Pd]. The van der Waals surface area contributed by atoms with E-state index in [1.165, 1.54) is 0 Å². The molecule has 10 heavy (non-hydrogen) atoms. The fourth-order valence-corrected chi connectivity index (χ4v) is 0. The van der Waals surface area contributed by atoms with Crippen LogP contribution in [0.15, 0.2) is 10.7 Å². The summed E-state index contributed by atoms with van der Waals surface area (Å²) in [5, 5.41) is 18.0. The molecule has 0 spiro atoms. The van der Waals surface area contributed by atoms with E-state index < -0.39 is 0 Å². The van der Waals surface area contributed by atoms with Crippen molar-refractivity contribution in [2.75, 3.05) is 0 Å². The van der Waals surface area contributed by atoms with Gasteiger partial charge in [-0.2, -0.15) is 0 Å². The minimum absolute atomic E-state index is 0. The predicted molar refractivity (Wildman–Crippen MR) is 38.7 cm³/mol. The second-order valence-electron chi connectivity index (χ2n) is 0.149. The molecule has 10 heteroatoms. The molecule has 0 aromatic heterocycles. The Morgan fingerprint density at radius 2 is 0.900 bits per heavy atom. The summed E-state index contributed by atoms with van der Waals surface area (Å²) in [7, 11) is 0. The van der Waals surface area contributed by atoms with Gasteiger partial charge in [0.05, 0.1) is 0 Å². The summed E-state index contributed by atoms with van der Waals surface area (Å²) in [6.45, 7) is 0. The Hall–Kier alpha value is -0.138. The van der Waals surface area contributed by atoms with Gasteiger partial charge in [-0.15, -0.1) is 27.7 Å². The van der Waals surface area contributed by atoms with Crippen LogP contribution in [0.5, 0.6) is 0 Å². The standard InChI is InChI=1S/BrH.2HNO2.2H3N.Pd/c;2*2-1-3;;;/h1H;2*(H,2,3);2*1H3;/p-2. The zero-order chi connectivity index (χ0) is 5.41. The molecular formula is H7BrN4O4Pd-2. The summed E-state index contributed by atoms with van der Waals surface area (Å²) < 4.78 is 0. The summed E-state index contributed by atoms with van der Waals surface area (Å²) in [6, 6.07) is 0. The van der Waals surface area contributed by atoms with Crippen molar-refractivity contribution in [2.45, 2.75) is 0 Å². The van der Waals surface area contributed by atoms with E-state index in [2.05, 4.69) is 0 Å². The Bertz CT molecular complexity index is 38.2.